The van der Waals surface area contributed by atoms with Gasteiger partial charge in [-0.3, -0.25) is 4.98 Å². The normalized spacial score (nSPS) is 13.8. The van der Waals surface area contributed by atoms with Crippen LogP contribution in [0.2, 0.25) is 0 Å². The maximum atomic E-state index is 12.7. The van der Waals surface area contributed by atoms with Crippen molar-refractivity contribution in [3.63, 3.8) is 0 Å². The zero-order chi connectivity index (χ0) is 20.3. The number of hydrogen-bond acceptors (Lipinski definition) is 6. The summed E-state index contributed by atoms with van der Waals surface area (Å²) in [6.07, 6.45) is 4.18. The van der Waals surface area contributed by atoms with Gasteiger partial charge in [0.2, 0.25) is 16.8 Å². The number of rotatable bonds is 8. The summed E-state index contributed by atoms with van der Waals surface area (Å²) in [6, 6.07) is 12.5. The first kappa shape index (κ1) is 22.3. The van der Waals surface area contributed by atoms with Crippen LogP contribution in [0.5, 0.6) is 11.5 Å². The van der Waals surface area contributed by atoms with Gasteiger partial charge in [-0.1, -0.05) is 12.1 Å². The molecule has 0 saturated heterocycles. The van der Waals surface area contributed by atoms with E-state index in [9.17, 15) is 8.42 Å². The number of pyridine rings is 1. The van der Waals surface area contributed by atoms with E-state index < -0.39 is 10.0 Å². The van der Waals surface area contributed by atoms with Crippen LogP contribution in [0.1, 0.15) is 12.5 Å². The molecular formula is C21H24ClN3O4S. The third kappa shape index (κ3) is 5.20. The van der Waals surface area contributed by atoms with E-state index in [-0.39, 0.29) is 30.1 Å². The molecule has 3 aromatic rings. The van der Waals surface area contributed by atoms with Gasteiger partial charge in [-0.2, -0.15) is 0 Å². The largest absolute Gasteiger partial charge is 0.454 e. The van der Waals surface area contributed by atoms with Crippen LogP contribution in [-0.4, -0.2) is 39.3 Å². The van der Waals surface area contributed by atoms with E-state index in [0.29, 0.717) is 6.54 Å². The van der Waals surface area contributed by atoms with Crippen molar-refractivity contribution in [2.75, 3.05) is 19.9 Å². The lowest BCUT2D eigenvalue weighted by atomic mass is 10.1. The molecule has 0 saturated carbocycles. The van der Waals surface area contributed by atoms with Crippen LogP contribution in [-0.2, 0) is 16.4 Å². The quantitative estimate of drug-likeness (QED) is 0.514. The van der Waals surface area contributed by atoms with Gasteiger partial charge in [-0.05, 0) is 61.2 Å². The van der Waals surface area contributed by atoms with Crippen LogP contribution in [0, 0.1) is 0 Å². The molecule has 0 aliphatic carbocycles. The summed E-state index contributed by atoms with van der Waals surface area (Å²) in [7, 11) is -3.59. The first-order valence-corrected chi connectivity index (χ1v) is 10.9. The van der Waals surface area contributed by atoms with E-state index in [1.54, 1.807) is 36.7 Å². The lowest BCUT2D eigenvalue weighted by molar-refractivity contribution is 0.174. The Balaban J connectivity index is 0.00000256. The average molecular weight is 450 g/mol. The number of nitrogens with zero attached hydrogens (tertiary/aromatic N) is 1. The molecule has 2 heterocycles. The first-order chi connectivity index (χ1) is 14.0. The second kappa shape index (κ2) is 9.61. The molecule has 0 spiro atoms. The lowest BCUT2D eigenvalue weighted by Crippen LogP contribution is -2.40. The number of nitrogens with one attached hydrogen (secondary N) is 2. The highest BCUT2D eigenvalue weighted by molar-refractivity contribution is 7.89. The number of fused-ring (bicyclic) bond motifs is 2. The topological polar surface area (TPSA) is 89.5 Å². The summed E-state index contributed by atoms with van der Waals surface area (Å²) in [5, 5.41) is 5.05. The molecule has 2 N–H and O–H groups in total. The molecule has 4 rings (SSSR count). The lowest BCUT2D eigenvalue weighted by Gasteiger charge is -2.15. The van der Waals surface area contributed by atoms with E-state index in [1.165, 1.54) is 0 Å². The van der Waals surface area contributed by atoms with E-state index in [1.807, 2.05) is 25.1 Å². The van der Waals surface area contributed by atoms with Gasteiger partial charge in [0.25, 0.3) is 0 Å². The molecule has 0 amide bonds. The van der Waals surface area contributed by atoms with Gasteiger partial charge < -0.3 is 14.8 Å². The standard InChI is InChI=1S/C21H23N3O4S.ClH/c1-15(12-22-8-6-16-2-5-20-21(10-16)28-14-27-20)24-29(25,26)19-4-3-18-13-23-9-7-17(18)11-19;/h2-5,7,9-11,13,15,22,24H,6,8,12,14H2,1H3;1H. The van der Waals surface area contributed by atoms with E-state index >= 15 is 0 Å². The zero-order valence-electron chi connectivity index (χ0n) is 16.5. The number of benzene rings is 2. The van der Waals surface area contributed by atoms with E-state index in [2.05, 4.69) is 15.0 Å². The maximum Gasteiger partial charge on any atom is 0.240 e. The van der Waals surface area contributed by atoms with Crippen LogP contribution < -0.4 is 19.5 Å². The molecule has 30 heavy (non-hydrogen) atoms. The predicted octanol–water partition coefficient (Wildman–Crippen LogP) is 2.88. The summed E-state index contributed by atoms with van der Waals surface area (Å²) in [5.41, 5.74) is 1.14. The molecule has 9 heteroatoms. The zero-order valence-corrected chi connectivity index (χ0v) is 18.1. The van der Waals surface area contributed by atoms with Crippen molar-refractivity contribution in [2.45, 2.75) is 24.3 Å². The Kier molecular flexibility index (Phi) is 7.14. The summed E-state index contributed by atoms with van der Waals surface area (Å²) >= 11 is 0. The average Bonchev–Trinajstić information content (AvgIpc) is 3.18. The summed E-state index contributed by atoms with van der Waals surface area (Å²) < 4.78 is 38.8. The first-order valence-electron chi connectivity index (χ1n) is 9.47. The Hall–Kier alpha value is -2.39. The number of halogens is 1. The molecule has 1 aliphatic rings. The Morgan fingerprint density at radius 1 is 1.07 bits per heavy atom. The smallest absolute Gasteiger partial charge is 0.240 e. The monoisotopic (exact) mass is 449 g/mol. The molecular weight excluding hydrogens is 426 g/mol. The van der Waals surface area contributed by atoms with Crippen molar-refractivity contribution in [1.29, 1.82) is 0 Å². The molecule has 1 unspecified atom stereocenters. The Morgan fingerprint density at radius 2 is 1.90 bits per heavy atom. The second-order valence-electron chi connectivity index (χ2n) is 7.05. The van der Waals surface area contributed by atoms with Crippen LogP contribution in [0.4, 0.5) is 0 Å². The minimum absolute atomic E-state index is 0. The molecule has 0 bridgehead atoms. The second-order valence-corrected chi connectivity index (χ2v) is 8.76. The van der Waals surface area contributed by atoms with Crippen molar-refractivity contribution < 1.29 is 17.9 Å². The van der Waals surface area contributed by atoms with Crippen molar-refractivity contribution in [1.82, 2.24) is 15.0 Å². The molecule has 0 fully saturated rings. The van der Waals surface area contributed by atoms with Gasteiger partial charge in [0, 0.05) is 30.4 Å². The SMILES string of the molecule is CC(CNCCc1ccc2c(c1)OCO2)NS(=O)(=O)c1ccc2cnccc2c1.Cl. The molecule has 1 aliphatic heterocycles. The van der Waals surface area contributed by atoms with E-state index in [0.717, 1.165) is 40.8 Å². The molecule has 160 valence electrons. The third-order valence-corrected chi connectivity index (χ3v) is 6.34. The van der Waals surface area contributed by atoms with Crippen molar-refractivity contribution in [3.8, 4) is 11.5 Å². The van der Waals surface area contributed by atoms with Gasteiger partial charge in [-0.25, -0.2) is 13.1 Å². The number of ether oxygens (including phenoxy) is 2. The van der Waals surface area contributed by atoms with E-state index in [4.69, 9.17) is 9.47 Å². The van der Waals surface area contributed by atoms with Gasteiger partial charge in [-0.15, -0.1) is 12.4 Å². The van der Waals surface area contributed by atoms with Crippen LogP contribution in [0.25, 0.3) is 10.8 Å². The fourth-order valence-electron chi connectivity index (χ4n) is 3.25. The van der Waals surface area contributed by atoms with Gasteiger partial charge in [0.15, 0.2) is 11.5 Å². The van der Waals surface area contributed by atoms with Crippen LogP contribution >= 0.6 is 12.4 Å². The highest BCUT2D eigenvalue weighted by Gasteiger charge is 2.18. The fourth-order valence-corrected chi connectivity index (χ4v) is 4.53. The van der Waals surface area contributed by atoms with Gasteiger partial charge >= 0.3 is 0 Å². The minimum Gasteiger partial charge on any atom is -0.454 e. The molecule has 7 nitrogen and oxygen atoms in total. The fraction of sp³-hybridized carbons (Fsp3) is 0.286. The Labute approximate surface area is 182 Å². The van der Waals surface area contributed by atoms with Crippen LogP contribution in [0.15, 0.2) is 59.8 Å². The van der Waals surface area contributed by atoms with Crippen LogP contribution in [0.3, 0.4) is 0 Å². The summed E-state index contributed by atoms with van der Waals surface area (Å²) in [6.45, 7) is 3.37. The van der Waals surface area contributed by atoms with Crippen molar-refractivity contribution in [3.05, 3.63) is 60.4 Å². The molecule has 0 radical (unpaired) electrons. The number of aromatic nitrogens is 1. The highest BCUT2D eigenvalue weighted by Crippen LogP contribution is 2.32. The summed E-state index contributed by atoms with van der Waals surface area (Å²) in [4.78, 5) is 4.30. The molecule has 2 aromatic carbocycles. The number of sulfonamides is 1. The summed E-state index contributed by atoms with van der Waals surface area (Å²) in [5.74, 6) is 1.55. The van der Waals surface area contributed by atoms with Crippen molar-refractivity contribution in [2.24, 2.45) is 0 Å². The van der Waals surface area contributed by atoms with Crippen molar-refractivity contribution >= 4 is 33.2 Å². The predicted molar refractivity (Wildman–Crippen MR) is 118 cm³/mol. The molecule has 1 aromatic heterocycles. The maximum absolute atomic E-state index is 12.7. The molecule has 1 atom stereocenters. The minimum atomic E-state index is -3.59. The highest BCUT2D eigenvalue weighted by atomic mass is 35.5. The Bertz CT molecular complexity index is 1120. The number of hydrogen-bond donors (Lipinski definition) is 2. The van der Waals surface area contributed by atoms with Gasteiger partial charge in [0.05, 0.1) is 4.90 Å². The Morgan fingerprint density at radius 3 is 2.77 bits per heavy atom. The van der Waals surface area contributed by atoms with Gasteiger partial charge in [0.1, 0.15) is 0 Å². The third-order valence-electron chi connectivity index (χ3n) is 4.76.